The van der Waals surface area contributed by atoms with Crippen molar-refractivity contribution in [2.75, 3.05) is 28.2 Å². The van der Waals surface area contributed by atoms with Crippen molar-refractivity contribution in [1.29, 1.82) is 0 Å². The van der Waals surface area contributed by atoms with E-state index in [9.17, 15) is 0 Å². The van der Waals surface area contributed by atoms with E-state index in [0.717, 1.165) is 0 Å². The SMILES string of the molecule is CN(C)P(Cl)(Oc1ccccc1)(Oc1ccccc1)N(C)C. The molecule has 0 aliphatic heterocycles. The van der Waals surface area contributed by atoms with Gasteiger partial charge in [-0.2, -0.15) is 0 Å². The monoisotopic (exact) mass is 340 g/mol. The molecule has 0 heterocycles. The van der Waals surface area contributed by atoms with Gasteiger partial charge in [-0.15, -0.1) is 0 Å². The molecule has 0 bridgehead atoms. The molecule has 6 heteroatoms. The normalized spacial score (nSPS) is 13.7. The van der Waals surface area contributed by atoms with Crippen LogP contribution in [0.15, 0.2) is 60.7 Å². The zero-order valence-electron chi connectivity index (χ0n) is 13.3. The zero-order valence-corrected chi connectivity index (χ0v) is 15.0. The molecule has 0 atom stereocenters. The summed E-state index contributed by atoms with van der Waals surface area (Å²) < 4.78 is 16.1. The van der Waals surface area contributed by atoms with Crippen LogP contribution in [-0.4, -0.2) is 37.5 Å². The molecule has 0 N–H and O–H groups in total. The predicted octanol–water partition coefficient (Wildman–Crippen LogP) is 4.63. The first-order valence-electron chi connectivity index (χ1n) is 6.95. The van der Waals surface area contributed by atoms with E-state index in [4.69, 9.17) is 20.3 Å². The second-order valence-corrected chi connectivity index (χ2v) is 10.5. The molecule has 120 valence electrons. The molecular formula is C16H22ClN2O2P. The van der Waals surface area contributed by atoms with Gasteiger partial charge in [0.1, 0.15) is 0 Å². The van der Waals surface area contributed by atoms with Gasteiger partial charge < -0.3 is 0 Å². The number of hydrogen-bond donors (Lipinski definition) is 0. The quantitative estimate of drug-likeness (QED) is 0.715. The Labute approximate surface area is 137 Å². The van der Waals surface area contributed by atoms with E-state index in [-0.39, 0.29) is 0 Å². The van der Waals surface area contributed by atoms with E-state index in [0.29, 0.717) is 11.5 Å². The summed E-state index contributed by atoms with van der Waals surface area (Å²) in [5.74, 6) is 1.32. The Morgan fingerprint density at radius 1 is 0.682 bits per heavy atom. The first kappa shape index (κ1) is 17.0. The average molecular weight is 341 g/mol. The van der Waals surface area contributed by atoms with E-state index >= 15 is 0 Å². The van der Waals surface area contributed by atoms with Crippen LogP contribution in [0.4, 0.5) is 0 Å². The molecule has 2 rings (SSSR count). The standard InChI is InChI=1S/C16H22ClN2O2P/c1-18(2)22(17,19(3)4,20-15-11-7-5-8-12-15)21-16-13-9-6-10-14-16/h5-14H,1-4H3. The first-order valence-corrected chi connectivity index (χ1v) is 9.84. The fourth-order valence-corrected chi connectivity index (χ4v) is 4.86. The molecule has 0 aliphatic rings. The Morgan fingerprint density at radius 2 is 1.00 bits per heavy atom. The molecule has 0 saturated carbocycles. The van der Waals surface area contributed by atoms with E-state index in [1.54, 1.807) is 0 Å². The molecule has 0 aromatic heterocycles. The van der Waals surface area contributed by atoms with Gasteiger partial charge in [0.2, 0.25) is 0 Å². The molecular weight excluding hydrogens is 319 g/mol. The minimum atomic E-state index is -3.79. The second-order valence-electron chi connectivity index (χ2n) is 5.28. The molecule has 0 radical (unpaired) electrons. The van der Waals surface area contributed by atoms with E-state index in [1.165, 1.54) is 0 Å². The summed E-state index contributed by atoms with van der Waals surface area (Å²) in [7, 11) is 7.43. The van der Waals surface area contributed by atoms with Gasteiger partial charge in [0, 0.05) is 0 Å². The Hall–Kier alpha value is -1.32. The summed E-state index contributed by atoms with van der Waals surface area (Å²) in [5, 5.41) is 0. The van der Waals surface area contributed by atoms with Crippen molar-refractivity contribution in [3.8, 4) is 11.5 Å². The van der Waals surface area contributed by atoms with Crippen LogP contribution in [0.5, 0.6) is 11.5 Å². The van der Waals surface area contributed by atoms with E-state index in [2.05, 4.69) is 0 Å². The van der Waals surface area contributed by atoms with Crippen LogP contribution >= 0.6 is 18.0 Å². The minimum absolute atomic E-state index is 0.661. The number of hydrogen-bond acceptors (Lipinski definition) is 4. The van der Waals surface area contributed by atoms with Gasteiger partial charge in [0.05, 0.1) is 0 Å². The van der Waals surface area contributed by atoms with Gasteiger partial charge in [-0.25, -0.2) is 0 Å². The van der Waals surface area contributed by atoms with Crippen LogP contribution in [0.2, 0.25) is 0 Å². The first-order chi connectivity index (χ1) is 10.4. The molecule has 2 aromatic carbocycles. The summed E-state index contributed by atoms with van der Waals surface area (Å²) in [6.45, 7) is -3.79. The number of nitrogens with zero attached hydrogens (tertiary/aromatic N) is 2. The third-order valence-corrected chi connectivity index (χ3v) is 9.21. The number of benzene rings is 2. The molecule has 2 aromatic rings. The Balaban J connectivity index is 2.48. The molecule has 22 heavy (non-hydrogen) atoms. The van der Waals surface area contributed by atoms with Crippen molar-refractivity contribution < 1.29 is 9.05 Å². The fourth-order valence-electron chi connectivity index (χ4n) is 2.02. The van der Waals surface area contributed by atoms with Gasteiger partial charge in [-0.1, -0.05) is 0 Å². The Morgan fingerprint density at radius 3 is 1.27 bits per heavy atom. The molecule has 0 aliphatic carbocycles. The van der Waals surface area contributed by atoms with Crippen molar-refractivity contribution in [1.82, 2.24) is 9.34 Å². The van der Waals surface area contributed by atoms with Crippen molar-refractivity contribution in [2.45, 2.75) is 0 Å². The van der Waals surface area contributed by atoms with Gasteiger partial charge >= 0.3 is 137 Å². The van der Waals surface area contributed by atoms with Crippen LogP contribution in [-0.2, 0) is 0 Å². The number of halogens is 1. The van der Waals surface area contributed by atoms with Gasteiger partial charge in [0.25, 0.3) is 0 Å². The predicted molar refractivity (Wildman–Crippen MR) is 94.3 cm³/mol. The third-order valence-electron chi connectivity index (χ3n) is 3.32. The molecule has 0 unspecified atom stereocenters. The Kier molecular flexibility index (Phi) is 4.98. The van der Waals surface area contributed by atoms with Gasteiger partial charge in [-0.3, -0.25) is 0 Å². The number of para-hydroxylation sites is 2. The average Bonchev–Trinajstić information content (AvgIpc) is 2.49. The Bertz CT molecular complexity index is 555. The van der Waals surface area contributed by atoms with Crippen LogP contribution in [0.3, 0.4) is 0 Å². The van der Waals surface area contributed by atoms with Crippen molar-refractivity contribution in [3.63, 3.8) is 0 Å². The van der Waals surface area contributed by atoms with E-state index < -0.39 is 6.71 Å². The van der Waals surface area contributed by atoms with Gasteiger partial charge in [-0.05, 0) is 0 Å². The molecule has 0 spiro atoms. The summed E-state index contributed by atoms with van der Waals surface area (Å²) >= 11 is 7.07. The van der Waals surface area contributed by atoms with Crippen LogP contribution in [0.1, 0.15) is 0 Å². The summed E-state index contributed by atoms with van der Waals surface area (Å²) in [5.41, 5.74) is 0. The third kappa shape index (κ3) is 3.21. The maximum atomic E-state index is 7.07. The summed E-state index contributed by atoms with van der Waals surface area (Å²) in [4.78, 5) is 0. The molecule has 0 fully saturated rings. The fraction of sp³-hybridized carbons (Fsp3) is 0.250. The van der Waals surface area contributed by atoms with E-state index in [1.807, 2.05) is 98.2 Å². The van der Waals surface area contributed by atoms with Crippen molar-refractivity contribution >= 4 is 18.0 Å². The zero-order chi connectivity index (χ0) is 16.2. The molecule has 0 amide bonds. The molecule has 0 saturated heterocycles. The second kappa shape index (κ2) is 6.43. The summed E-state index contributed by atoms with van der Waals surface area (Å²) in [6.07, 6.45) is 0. The van der Waals surface area contributed by atoms with Crippen molar-refractivity contribution in [3.05, 3.63) is 60.7 Å². The van der Waals surface area contributed by atoms with Crippen molar-refractivity contribution in [2.24, 2.45) is 0 Å². The maximum absolute atomic E-state index is 7.07. The van der Waals surface area contributed by atoms with Crippen LogP contribution < -0.4 is 9.05 Å². The van der Waals surface area contributed by atoms with Crippen LogP contribution in [0.25, 0.3) is 0 Å². The summed E-state index contributed by atoms with van der Waals surface area (Å²) in [6, 6.07) is 18.9. The molecule has 4 nitrogen and oxygen atoms in total. The number of rotatable bonds is 6. The van der Waals surface area contributed by atoms with Gasteiger partial charge in [0.15, 0.2) is 0 Å². The topological polar surface area (TPSA) is 24.9 Å². The van der Waals surface area contributed by atoms with Crippen LogP contribution in [0, 0.1) is 0 Å².